The molecular weight excluding hydrogens is 254 g/mol. The number of urea groups is 1. The number of nitro benzene ring substituents is 1. The molecule has 2 N–H and O–H groups in total. The van der Waals surface area contributed by atoms with Gasteiger partial charge in [0.05, 0.1) is 17.6 Å². The second-order valence-corrected chi connectivity index (χ2v) is 3.93. The summed E-state index contributed by atoms with van der Waals surface area (Å²) in [6.07, 6.45) is -0.00208. The lowest BCUT2D eigenvalue weighted by molar-refractivity contribution is -0.385. The molecule has 1 saturated heterocycles. The number of nitrogens with zero attached hydrogens (tertiary/aromatic N) is 1. The average molecular weight is 265 g/mol. The minimum Gasteiger partial charge on any atom is -0.496 e. The first kappa shape index (κ1) is 12.8. The lowest BCUT2D eigenvalue weighted by Gasteiger charge is -2.11. The fourth-order valence-corrected chi connectivity index (χ4v) is 1.93. The van der Waals surface area contributed by atoms with Crippen molar-refractivity contribution in [2.45, 2.75) is 12.5 Å². The molecule has 1 aromatic carbocycles. The van der Waals surface area contributed by atoms with Crippen LogP contribution in [0.2, 0.25) is 0 Å². The summed E-state index contributed by atoms with van der Waals surface area (Å²) < 4.78 is 5.06. The second kappa shape index (κ2) is 4.92. The second-order valence-electron chi connectivity index (χ2n) is 3.93. The molecular formula is C11H11N3O5. The van der Waals surface area contributed by atoms with E-state index in [1.807, 2.05) is 0 Å². The van der Waals surface area contributed by atoms with Crippen LogP contribution in [0.15, 0.2) is 18.2 Å². The Morgan fingerprint density at radius 2 is 2.16 bits per heavy atom. The number of rotatable bonds is 4. The third-order valence-electron chi connectivity index (χ3n) is 2.79. The van der Waals surface area contributed by atoms with Crippen molar-refractivity contribution in [3.8, 4) is 5.75 Å². The van der Waals surface area contributed by atoms with Gasteiger partial charge in [-0.15, -0.1) is 0 Å². The van der Waals surface area contributed by atoms with Gasteiger partial charge in [0.1, 0.15) is 11.8 Å². The van der Waals surface area contributed by atoms with Gasteiger partial charge in [0, 0.05) is 12.5 Å². The molecule has 0 spiro atoms. The zero-order valence-electron chi connectivity index (χ0n) is 10.0. The summed E-state index contributed by atoms with van der Waals surface area (Å²) in [6.45, 7) is 0. The van der Waals surface area contributed by atoms with Gasteiger partial charge in [-0.2, -0.15) is 0 Å². The van der Waals surface area contributed by atoms with E-state index in [9.17, 15) is 19.7 Å². The van der Waals surface area contributed by atoms with Crippen LogP contribution in [-0.4, -0.2) is 30.0 Å². The van der Waals surface area contributed by atoms with E-state index >= 15 is 0 Å². The van der Waals surface area contributed by atoms with E-state index in [0.29, 0.717) is 5.75 Å². The van der Waals surface area contributed by atoms with Gasteiger partial charge in [0.2, 0.25) is 0 Å². The minimum atomic E-state index is -0.831. The van der Waals surface area contributed by atoms with E-state index in [0.717, 1.165) is 0 Å². The molecule has 3 amide bonds. The van der Waals surface area contributed by atoms with Gasteiger partial charge in [0.25, 0.3) is 11.6 Å². The maximum absolute atomic E-state index is 11.5. The Kier molecular flexibility index (Phi) is 3.32. The molecule has 8 heteroatoms. The van der Waals surface area contributed by atoms with Crippen molar-refractivity contribution in [1.82, 2.24) is 10.6 Å². The highest BCUT2D eigenvalue weighted by atomic mass is 16.6. The Balaban J connectivity index is 2.35. The van der Waals surface area contributed by atoms with Crippen LogP contribution in [0.1, 0.15) is 5.56 Å². The molecule has 0 bridgehead atoms. The molecule has 1 aromatic rings. The number of nitro groups is 1. The highest BCUT2D eigenvalue weighted by Crippen LogP contribution is 2.29. The number of imide groups is 1. The smallest absolute Gasteiger partial charge is 0.322 e. The number of amides is 3. The number of carbonyl (C=O) groups is 2. The van der Waals surface area contributed by atoms with E-state index in [1.54, 1.807) is 6.07 Å². The van der Waals surface area contributed by atoms with Crippen LogP contribution < -0.4 is 15.4 Å². The van der Waals surface area contributed by atoms with Gasteiger partial charge in [-0.05, 0) is 6.07 Å². The quantitative estimate of drug-likeness (QED) is 0.463. The topological polar surface area (TPSA) is 111 Å². The number of hydrogen-bond donors (Lipinski definition) is 2. The Hall–Kier alpha value is -2.64. The number of nitrogens with one attached hydrogen (secondary N) is 2. The predicted molar refractivity (Wildman–Crippen MR) is 63.8 cm³/mol. The Labute approximate surface area is 107 Å². The average Bonchev–Trinajstić information content (AvgIpc) is 2.67. The van der Waals surface area contributed by atoms with Crippen molar-refractivity contribution in [2.75, 3.05) is 7.11 Å². The Bertz CT molecular complexity index is 557. The molecule has 1 unspecified atom stereocenters. The van der Waals surface area contributed by atoms with Gasteiger partial charge in [-0.25, -0.2) is 4.79 Å². The van der Waals surface area contributed by atoms with Crippen LogP contribution in [-0.2, 0) is 11.2 Å². The van der Waals surface area contributed by atoms with Crippen molar-refractivity contribution < 1.29 is 19.2 Å². The highest BCUT2D eigenvalue weighted by molar-refractivity contribution is 6.04. The minimum absolute atomic E-state index is 0.00208. The molecule has 0 radical (unpaired) electrons. The zero-order chi connectivity index (χ0) is 14.0. The molecule has 2 rings (SSSR count). The van der Waals surface area contributed by atoms with Gasteiger partial charge >= 0.3 is 6.03 Å². The maximum Gasteiger partial charge on any atom is 0.322 e. The monoisotopic (exact) mass is 265 g/mol. The van der Waals surface area contributed by atoms with Crippen LogP contribution in [0.4, 0.5) is 10.5 Å². The first-order chi connectivity index (χ1) is 9.02. The van der Waals surface area contributed by atoms with Crippen LogP contribution >= 0.6 is 0 Å². The molecule has 0 saturated carbocycles. The van der Waals surface area contributed by atoms with Crippen molar-refractivity contribution in [3.63, 3.8) is 0 Å². The fourth-order valence-electron chi connectivity index (χ4n) is 1.93. The number of ether oxygens (including phenoxy) is 1. The molecule has 1 atom stereocenters. The maximum atomic E-state index is 11.5. The van der Waals surface area contributed by atoms with E-state index in [-0.39, 0.29) is 17.7 Å². The molecule has 1 aliphatic heterocycles. The van der Waals surface area contributed by atoms with Crippen LogP contribution in [0.25, 0.3) is 0 Å². The number of benzene rings is 1. The largest absolute Gasteiger partial charge is 0.496 e. The first-order valence-corrected chi connectivity index (χ1v) is 5.44. The van der Waals surface area contributed by atoms with E-state index in [4.69, 9.17) is 4.74 Å². The SMILES string of the molecule is COc1cccc([N+](=O)[O-])c1CC1NC(=O)NC1=O. The van der Waals surface area contributed by atoms with E-state index < -0.39 is 22.9 Å². The van der Waals surface area contributed by atoms with Gasteiger partial charge in [-0.1, -0.05) is 6.07 Å². The lowest BCUT2D eigenvalue weighted by atomic mass is 10.0. The van der Waals surface area contributed by atoms with Gasteiger partial charge < -0.3 is 10.1 Å². The molecule has 1 aliphatic rings. The molecule has 19 heavy (non-hydrogen) atoms. The number of methoxy groups -OCH3 is 1. The summed E-state index contributed by atoms with van der Waals surface area (Å²) in [6, 6.07) is 2.95. The highest BCUT2D eigenvalue weighted by Gasteiger charge is 2.32. The molecule has 8 nitrogen and oxygen atoms in total. The molecule has 1 heterocycles. The molecule has 100 valence electrons. The molecule has 0 aromatic heterocycles. The Morgan fingerprint density at radius 3 is 2.68 bits per heavy atom. The van der Waals surface area contributed by atoms with Crippen LogP contribution in [0, 0.1) is 10.1 Å². The summed E-state index contributed by atoms with van der Waals surface area (Å²) in [4.78, 5) is 32.9. The standard InChI is InChI=1S/C11H11N3O5/c1-19-9-4-2-3-8(14(17)18)6(9)5-7-10(15)13-11(16)12-7/h2-4,7H,5H2,1H3,(H2,12,13,15,16). The van der Waals surface area contributed by atoms with Crippen molar-refractivity contribution in [2.24, 2.45) is 0 Å². The van der Waals surface area contributed by atoms with Crippen molar-refractivity contribution in [3.05, 3.63) is 33.9 Å². The summed E-state index contributed by atoms with van der Waals surface area (Å²) >= 11 is 0. The molecule has 0 aliphatic carbocycles. The number of hydrogen-bond acceptors (Lipinski definition) is 5. The summed E-state index contributed by atoms with van der Waals surface area (Å²) in [7, 11) is 1.38. The fraction of sp³-hybridized carbons (Fsp3) is 0.273. The normalized spacial score (nSPS) is 17.8. The van der Waals surface area contributed by atoms with Crippen molar-refractivity contribution in [1.29, 1.82) is 0 Å². The van der Waals surface area contributed by atoms with E-state index in [2.05, 4.69) is 10.6 Å². The third kappa shape index (κ3) is 2.46. The summed E-state index contributed by atoms with van der Waals surface area (Å²) in [5.74, 6) is -0.201. The van der Waals surface area contributed by atoms with Crippen molar-refractivity contribution >= 4 is 17.6 Å². The summed E-state index contributed by atoms with van der Waals surface area (Å²) in [5, 5.41) is 15.4. The number of carbonyl (C=O) groups excluding carboxylic acids is 2. The predicted octanol–water partition coefficient (Wildman–Crippen LogP) is 0.354. The third-order valence-corrected chi connectivity index (χ3v) is 2.79. The lowest BCUT2D eigenvalue weighted by Crippen LogP contribution is -2.31. The van der Waals surface area contributed by atoms with Gasteiger partial charge in [-0.3, -0.25) is 20.2 Å². The van der Waals surface area contributed by atoms with Crippen LogP contribution in [0.5, 0.6) is 5.75 Å². The van der Waals surface area contributed by atoms with Crippen LogP contribution in [0.3, 0.4) is 0 Å². The Morgan fingerprint density at radius 1 is 1.42 bits per heavy atom. The zero-order valence-corrected chi connectivity index (χ0v) is 10.0. The first-order valence-electron chi connectivity index (χ1n) is 5.44. The summed E-state index contributed by atoms with van der Waals surface area (Å²) in [5.41, 5.74) is 0.130. The van der Waals surface area contributed by atoms with E-state index in [1.165, 1.54) is 19.2 Å². The molecule has 1 fully saturated rings. The van der Waals surface area contributed by atoms with Gasteiger partial charge in [0.15, 0.2) is 0 Å².